The Hall–Kier alpha value is -3.68. The van der Waals surface area contributed by atoms with Crippen LogP contribution in [-0.2, 0) is 6.42 Å². The molecule has 0 aliphatic heterocycles. The van der Waals surface area contributed by atoms with Crippen LogP contribution in [0.5, 0.6) is 5.75 Å². The summed E-state index contributed by atoms with van der Waals surface area (Å²) in [7, 11) is 1.55. The number of nitrogens with zero attached hydrogens (tertiary/aromatic N) is 1. The third-order valence-electron chi connectivity index (χ3n) is 4.16. The van der Waals surface area contributed by atoms with Crippen molar-refractivity contribution >= 4 is 22.5 Å². The number of nitro benzene ring substituents is 1. The predicted molar refractivity (Wildman–Crippen MR) is 100 cm³/mol. The molecule has 0 atom stereocenters. The summed E-state index contributed by atoms with van der Waals surface area (Å²) in [6.45, 7) is 0.176. The van der Waals surface area contributed by atoms with Crippen molar-refractivity contribution in [1.82, 2.24) is 10.3 Å². The summed E-state index contributed by atoms with van der Waals surface area (Å²) in [4.78, 5) is 37.6. The number of amides is 1. The maximum atomic E-state index is 12.2. The van der Waals surface area contributed by atoms with Crippen LogP contribution in [0.2, 0.25) is 0 Å². The Morgan fingerprint density at radius 3 is 2.74 bits per heavy atom. The van der Waals surface area contributed by atoms with Crippen molar-refractivity contribution in [3.05, 3.63) is 80.1 Å². The number of H-pyrrole nitrogens is 1. The van der Waals surface area contributed by atoms with Crippen molar-refractivity contribution < 1.29 is 14.5 Å². The van der Waals surface area contributed by atoms with Crippen molar-refractivity contribution in [3.63, 3.8) is 0 Å². The topological polar surface area (TPSA) is 114 Å². The second-order valence-corrected chi connectivity index (χ2v) is 5.86. The van der Waals surface area contributed by atoms with Gasteiger partial charge in [-0.15, -0.1) is 0 Å². The van der Waals surface area contributed by atoms with Crippen molar-refractivity contribution in [3.8, 4) is 5.75 Å². The van der Waals surface area contributed by atoms with Crippen LogP contribution in [0.3, 0.4) is 0 Å². The minimum atomic E-state index is -0.600. The smallest absolute Gasteiger partial charge is 0.282 e. The second kappa shape index (κ2) is 7.69. The molecular formula is C19H17N3O5. The van der Waals surface area contributed by atoms with Crippen molar-refractivity contribution in [2.24, 2.45) is 0 Å². The van der Waals surface area contributed by atoms with Crippen LogP contribution in [0.15, 0.2) is 53.3 Å². The fourth-order valence-corrected chi connectivity index (χ4v) is 2.77. The molecular weight excluding hydrogens is 350 g/mol. The highest BCUT2D eigenvalue weighted by Gasteiger charge is 2.18. The first-order chi connectivity index (χ1) is 13.0. The number of carbonyl (C=O) groups excluding carboxylic acids is 1. The van der Waals surface area contributed by atoms with Crippen molar-refractivity contribution in [2.45, 2.75) is 6.42 Å². The molecule has 0 bridgehead atoms. The number of aromatic amines is 1. The first kappa shape index (κ1) is 18.1. The van der Waals surface area contributed by atoms with Crippen LogP contribution in [0, 0.1) is 10.1 Å². The number of methoxy groups -OCH3 is 1. The van der Waals surface area contributed by atoms with E-state index in [1.165, 1.54) is 18.2 Å². The summed E-state index contributed by atoms with van der Waals surface area (Å²) < 4.78 is 5.13. The molecule has 8 nitrogen and oxygen atoms in total. The molecule has 0 aliphatic carbocycles. The maximum absolute atomic E-state index is 12.2. The van der Waals surface area contributed by atoms with Gasteiger partial charge in [-0.1, -0.05) is 12.1 Å². The Morgan fingerprint density at radius 2 is 2.00 bits per heavy atom. The van der Waals surface area contributed by atoms with Gasteiger partial charge in [0.2, 0.25) is 0 Å². The second-order valence-electron chi connectivity index (χ2n) is 5.86. The lowest BCUT2D eigenvalue weighted by molar-refractivity contribution is -0.385. The van der Waals surface area contributed by atoms with E-state index in [4.69, 9.17) is 4.74 Å². The number of hydrogen-bond donors (Lipinski definition) is 2. The van der Waals surface area contributed by atoms with Gasteiger partial charge < -0.3 is 15.0 Å². The molecule has 1 heterocycles. The zero-order valence-corrected chi connectivity index (χ0v) is 14.5. The number of fused-ring (bicyclic) bond motifs is 1. The molecule has 2 N–H and O–H groups in total. The van der Waals surface area contributed by atoms with E-state index in [1.54, 1.807) is 31.4 Å². The number of nitrogens with one attached hydrogen (secondary N) is 2. The number of para-hydroxylation sites is 1. The van der Waals surface area contributed by atoms with Gasteiger partial charge in [0.1, 0.15) is 11.3 Å². The fourth-order valence-electron chi connectivity index (χ4n) is 2.77. The minimum absolute atomic E-state index is 0.0120. The molecule has 0 aliphatic rings. The first-order valence-electron chi connectivity index (χ1n) is 8.21. The van der Waals surface area contributed by atoms with Gasteiger partial charge in [0.25, 0.3) is 17.2 Å². The maximum Gasteiger partial charge on any atom is 0.282 e. The predicted octanol–water partition coefficient (Wildman–Crippen LogP) is 2.42. The summed E-state index contributed by atoms with van der Waals surface area (Å²) in [5, 5.41) is 14.5. The van der Waals surface area contributed by atoms with E-state index in [1.807, 2.05) is 6.07 Å². The van der Waals surface area contributed by atoms with Gasteiger partial charge in [-0.25, -0.2) is 0 Å². The van der Waals surface area contributed by atoms with E-state index >= 15 is 0 Å². The Balaban J connectivity index is 1.72. The van der Waals surface area contributed by atoms with Gasteiger partial charge in [0.05, 0.1) is 17.5 Å². The summed E-state index contributed by atoms with van der Waals surface area (Å²) in [5.74, 6) is 0.0897. The van der Waals surface area contributed by atoms with Crippen molar-refractivity contribution in [2.75, 3.05) is 13.7 Å². The Morgan fingerprint density at radius 1 is 1.22 bits per heavy atom. The van der Waals surface area contributed by atoms with E-state index in [0.717, 1.165) is 5.39 Å². The average molecular weight is 367 g/mol. The molecule has 1 aromatic heterocycles. The van der Waals surface area contributed by atoms with E-state index in [-0.39, 0.29) is 23.4 Å². The molecule has 0 fully saturated rings. The van der Waals surface area contributed by atoms with Crippen LogP contribution in [0.25, 0.3) is 10.9 Å². The molecule has 3 rings (SSSR count). The molecule has 138 valence electrons. The number of benzene rings is 2. The van der Waals surface area contributed by atoms with Crippen LogP contribution >= 0.6 is 0 Å². The quantitative estimate of drug-likeness (QED) is 0.513. The number of aromatic nitrogens is 1. The largest absolute Gasteiger partial charge is 0.497 e. The summed E-state index contributed by atoms with van der Waals surface area (Å²) in [6, 6.07) is 12.8. The van der Waals surface area contributed by atoms with Crippen LogP contribution in [0.4, 0.5) is 5.69 Å². The number of nitro groups is 1. The van der Waals surface area contributed by atoms with Gasteiger partial charge in [-0.3, -0.25) is 19.7 Å². The van der Waals surface area contributed by atoms with E-state index in [2.05, 4.69) is 10.3 Å². The number of rotatable bonds is 6. The molecule has 0 saturated carbocycles. The summed E-state index contributed by atoms with van der Waals surface area (Å²) in [6.07, 6.45) is 0.295. The summed E-state index contributed by atoms with van der Waals surface area (Å²) in [5.41, 5.74) is 0.646. The lowest BCUT2D eigenvalue weighted by atomic mass is 10.1. The normalized spacial score (nSPS) is 10.6. The highest BCUT2D eigenvalue weighted by atomic mass is 16.6. The molecule has 0 radical (unpaired) electrons. The van der Waals surface area contributed by atoms with E-state index < -0.39 is 10.8 Å². The Labute approximate surface area is 153 Å². The molecule has 0 unspecified atom stereocenters. The highest BCUT2D eigenvalue weighted by molar-refractivity contribution is 5.98. The van der Waals surface area contributed by atoms with Crippen LogP contribution in [-0.4, -0.2) is 29.5 Å². The zero-order chi connectivity index (χ0) is 19.4. The lowest BCUT2D eigenvalue weighted by Crippen LogP contribution is -2.28. The Kier molecular flexibility index (Phi) is 5.16. The monoisotopic (exact) mass is 367 g/mol. The number of pyridine rings is 1. The van der Waals surface area contributed by atoms with E-state index in [9.17, 15) is 19.7 Å². The Bertz CT molecular complexity index is 1070. The van der Waals surface area contributed by atoms with Crippen LogP contribution < -0.4 is 15.6 Å². The van der Waals surface area contributed by atoms with Crippen molar-refractivity contribution in [1.29, 1.82) is 0 Å². The molecule has 0 saturated heterocycles. The fraction of sp³-hybridized carbons (Fsp3) is 0.158. The molecule has 8 heteroatoms. The molecule has 1 amide bonds. The number of carbonyl (C=O) groups is 1. The van der Waals surface area contributed by atoms with Gasteiger partial charge in [-0.05, 0) is 36.1 Å². The minimum Gasteiger partial charge on any atom is -0.497 e. The SMILES string of the molecule is COc1ccc2cc(CCNC(=O)c3ccccc3[N+](=O)[O-])c(=O)[nH]c2c1. The standard InChI is InChI=1S/C19H17N3O5/c1-27-14-7-6-12-10-13(18(23)21-16(12)11-14)8-9-20-19(24)15-4-2-3-5-17(15)22(25)26/h2-7,10-11H,8-9H2,1H3,(H,20,24)(H,21,23). The number of hydrogen-bond acceptors (Lipinski definition) is 5. The molecule has 3 aromatic rings. The van der Waals surface area contributed by atoms with Crippen LogP contribution in [0.1, 0.15) is 15.9 Å². The molecule has 0 spiro atoms. The zero-order valence-electron chi connectivity index (χ0n) is 14.5. The van der Waals surface area contributed by atoms with Gasteiger partial charge >= 0.3 is 0 Å². The summed E-state index contributed by atoms with van der Waals surface area (Å²) >= 11 is 0. The third kappa shape index (κ3) is 3.95. The van der Waals surface area contributed by atoms with Gasteiger partial charge in [0.15, 0.2) is 0 Å². The van der Waals surface area contributed by atoms with E-state index in [0.29, 0.717) is 23.3 Å². The molecule has 2 aromatic carbocycles. The first-order valence-corrected chi connectivity index (χ1v) is 8.21. The van der Waals surface area contributed by atoms with Gasteiger partial charge in [-0.2, -0.15) is 0 Å². The highest BCUT2D eigenvalue weighted by Crippen LogP contribution is 2.19. The molecule has 27 heavy (non-hydrogen) atoms. The van der Waals surface area contributed by atoms with Gasteiger partial charge in [0, 0.05) is 24.2 Å². The lowest BCUT2D eigenvalue weighted by Gasteiger charge is -2.07. The third-order valence-corrected chi connectivity index (χ3v) is 4.16. The average Bonchev–Trinajstić information content (AvgIpc) is 2.67. The number of ether oxygens (including phenoxy) is 1.